The maximum atomic E-state index is 13.2. The lowest BCUT2D eigenvalue weighted by Gasteiger charge is -2.35. The summed E-state index contributed by atoms with van der Waals surface area (Å²) in [5.41, 5.74) is 5.48. The van der Waals surface area contributed by atoms with Gasteiger partial charge in [0, 0.05) is 28.4 Å². The number of aromatic nitrogens is 1. The number of nitrogens with zero attached hydrogens (tertiary/aromatic N) is 1. The highest BCUT2D eigenvalue weighted by Crippen LogP contribution is 2.35. The second-order valence-corrected chi connectivity index (χ2v) is 9.04. The summed E-state index contributed by atoms with van der Waals surface area (Å²) in [6.45, 7) is 3.81. The Kier molecular flexibility index (Phi) is 6.37. The maximum Gasteiger partial charge on any atom is 0.241 e. The van der Waals surface area contributed by atoms with Crippen molar-refractivity contribution in [1.29, 1.82) is 0 Å². The highest BCUT2D eigenvalue weighted by Gasteiger charge is 2.28. The smallest absolute Gasteiger partial charge is 0.241 e. The van der Waals surface area contributed by atoms with E-state index in [4.69, 9.17) is 4.74 Å². The number of H-pyrrole nitrogens is 1. The van der Waals surface area contributed by atoms with Crippen LogP contribution in [0.3, 0.4) is 0 Å². The number of likely N-dealkylation sites (tertiary alicyclic amines) is 1. The van der Waals surface area contributed by atoms with Gasteiger partial charge in [-0.25, -0.2) is 0 Å². The SMILES string of the molecule is COc1ccc2[nH]cc(C3CCN(C(C)C(=O)Nc4ccccc4-c4ccccc4)CC3)c2c1. The van der Waals surface area contributed by atoms with Gasteiger partial charge < -0.3 is 15.0 Å². The Morgan fingerprint density at radius 1 is 1.03 bits per heavy atom. The van der Waals surface area contributed by atoms with E-state index in [-0.39, 0.29) is 11.9 Å². The lowest BCUT2D eigenvalue weighted by molar-refractivity contribution is -0.121. The number of ether oxygens (including phenoxy) is 1. The summed E-state index contributed by atoms with van der Waals surface area (Å²) >= 11 is 0. The van der Waals surface area contributed by atoms with Crippen molar-refractivity contribution in [3.8, 4) is 16.9 Å². The van der Waals surface area contributed by atoms with Gasteiger partial charge in [-0.3, -0.25) is 9.69 Å². The third-order valence-corrected chi connectivity index (χ3v) is 7.09. The first-order chi connectivity index (χ1) is 16.6. The van der Waals surface area contributed by atoms with Crippen molar-refractivity contribution in [2.45, 2.75) is 31.7 Å². The number of hydrogen-bond acceptors (Lipinski definition) is 3. The van der Waals surface area contributed by atoms with Crippen LogP contribution < -0.4 is 10.1 Å². The van der Waals surface area contributed by atoms with Crippen LogP contribution in [0, 0.1) is 0 Å². The maximum absolute atomic E-state index is 13.2. The molecule has 0 saturated carbocycles. The van der Waals surface area contributed by atoms with E-state index in [1.807, 2.05) is 49.4 Å². The van der Waals surface area contributed by atoms with Gasteiger partial charge in [-0.1, -0.05) is 48.5 Å². The fraction of sp³-hybridized carbons (Fsp3) is 0.276. The summed E-state index contributed by atoms with van der Waals surface area (Å²) in [5.74, 6) is 1.40. The Labute approximate surface area is 200 Å². The molecule has 1 saturated heterocycles. The Balaban J connectivity index is 1.25. The van der Waals surface area contributed by atoms with Crippen molar-refractivity contribution >= 4 is 22.5 Å². The molecule has 1 aliphatic rings. The molecular weight excluding hydrogens is 422 g/mol. The molecule has 4 aromatic rings. The van der Waals surface area contributed by atoms with Gasteiger partial charge in [0.15, 0.2) is 0 Å². The number of anilines is 1. The summed E-state index contributed by atoms with van der Waals surface area (Å²) < 4.78 is 5.43. The number of fused-ring (bicyclic) bond motifs is 1. The van der Waals surface area contributed by atoms with Gasteiger partial charge in [0.25, 0.3) is 0 Å². The number of methoxy groups -OCH3 is 1. The number of aromatic amines is 1. The third-order valence-electron chi connectivity index (χ3n) is 7.09. The average Bonchev–Trinajstić information content (AvgIpc) is 3.32. The van der Waals surface area contributed by atoms with Crippen LogP contribution in [-0.2, 0) is 4.79 Å². The Morgan fingerprint density at radius 3 is 2.53 bits per heavy atom. The number of nitrogens with one attached hydrogen (secondary N) is 2. The molecule has 1 fully saturated rings. The zero-order chi connectivity index (χ0) is 23.5. The summed E-state index contributed by atoms with van der Waals surface area (Å²) in [6.07, 6.45) is 4.20. The van der Waals surface area contributed by atoms with Gasteiger partial charge >= 0.3 is 0 Å². The monoisotopic (exact) mass is 453 g/mol. The van der Waals surface area contributed by atoms with Crippen LogP contribution in [0.25, 0.3) is 22.0 Å². The van der Waals surface area contributed by atoms with Gasteiger partial charge in [0.1, 0.15) is 5.75 Å². The molecule has 1 unspecified atom stereocenters. The summed E-state index contributed by atoms with van der Waals surface area (Å²) in [6, 6.07) is 24.2. The first kappa shape index (κ1) is 22.2. The fourth-order valence-electron chi connectivity index (χ4n) is 5.05. The normalized spacial score (nSPS) is 15.8. The number of para-hydroxylation sites is 1. The predicted octanol–water partition coefficient (Wildman–Crippen LogP) is 6.05. The molecule has 1 aromatic heterocycles. The van der Waals surface area contributed by atoms with Crippen LogP contribution in [0.5, 0.6) is 5.75 Å². The molecule has 0 bridgehead atoms. The molecule has 1 aliphatic heterocycles. The first-order valence-corrected chi connectivity index (χ1v) is 12.0. The molecule has 174 valence electrons. The van der Waals surface area contributed by atoms with Crippen LogP contribution in [0.4, 0.5) is 5.69 Å². The summed E-state index contributed by atoms with van der Waals surface area (Å²) in [4.78, 5) is 18.9. The second kappa shape index (κ2) is 9.74. The molecule has 2 N–H and O–H groups in total. The molecule has 3 aromatic carbocycles. The zero-order valence-corrected chi connectivity index (χ0v) is 19.8. The van der Waals surface area contributed by atoms with Gasteiger partial charge in [-0.05, 0) is 74.2 Å². The number of carbonyl (C=O) groups is 1. The van der Waals surface area contributed by atoms with Crippen molar-refractivity contribution in [2.24, 2.45) is 0 Å². The minimum absolute atomic E-state index is 0.0404. The third kappa shape index (κ3) is 4.44. The van der Waals surface area contributed by atoms with Crippen LogP contribution in [0.1, 0.15) is 31.2 Å². The molecule has 5 heteroatoms. The molecule has 34 heavy (non-hydrogen) atoms. The van der Waals surface area contributed by atoms with E-state index >= 15 is 0 Å². The summed E-state index contributed by atoms with van der Waals surface area (Å²) in [7, 11) is 1.71. The van der Waals surface area contributed by atoms with Gasteiger partial charge in [-0.15, -0.1) is 0 Å². The van der Waals surface area contributed by atoms with Crippen molar-refractivity contribution < 1.29 is 9.53 Å². The molecule has 2 heterocycles. The zero-order valence-electron chi connectivity index (χ0n) is 19.8. The number of amides is 1. The Morgan fingerprint density at radius 2 is 1.76 bits per heavy atom. The number of rotatable bonds is 6. The van der Waals surface area contributed by atoms with Crippen molar-refractivity contribution in [2.75, 3.05) is 25.5 Å². The average molecular weight is 454 g/mol. The molecule has 0 aliphatic carbocycles. The highest BCUT2D eigenvalue weighted by molar-refractivity contribution is 5.98. The van der Waals surface area contributed by atoms with E-state index in [2.05, 4.69) is 51.7 Å². The van der Waals surface area contributed by atoms with Gasteiger partial charge in [0.2, 0.25) is 5.91 Å². The van der Waals surface area contributed by atoms with E-state index in [0.29, 0.717) is 5.92 Å². The highest BCUT2D eigenvalue weighted by atomic mass is 16.5. The van der Waals surface area contributed by atoms with Crippen LogP contribution in [0.15, 0.2) is 79.0 Å². The molecule has 1 atom stereocenters. The molecule has 0 spiro atoms. The summed E-state index contributed by atoms with van der Waals surface area (Å²) in [5, 5.41) is 4.42. The van der Waals surface area contributed by atoms with E-state index in [1.54, 1.807) is 7.11 Å². The standard InChI is InChI=1S/C29H31N3O2/c1-20(29(33)31-28-11-7-6-10-24(28)21-8-4-3-5-9-21)32-16-14-22(15-17-32)26-19-30-27-13-12-23(34-2)18-25(26)27/h3-13,18-20,22,30H,14-17H2,1-2H3,(H,31,33). The van der Waals surface area contributed by atoms with E-state index < -0.39 is 0 Å². The van der Waals surface area contributed by atoms with Crippen molar-refractivity contribution in [3.05, 3.63) is 84.6 Å². The van der Waals surface area contributed by atoms with E-state index in [9.17, 15) is 4.79 Å². The first-order valence-electron chi connectivity index (χ1n) is 12.0. The molecule has 0 radical (unpaired) electrons. The van der Waals surface area contributed by atoms with Crippen molar-refractivity contribution in [1.82, 2.24) is 9.88 Å². The largest absolute Gasteiger partial charge is 0.497 e. The van der Waals surface area contributed by atoms with Crippen molar-refractivity contribution in [3.63, 3.8) is 0 Å². The Hall–Kier alpha value is -3.57. The number of piperidine rings is 1. The molecular formula is C29H31N3O2. The number of hydrogen-bond donors (Lipinski definition) is 2. The molecule has 5 rings (SSSR count). The minimum Gasteiger partial charge on any atom is -0.497 e. The fourth-order valence-corrected chi connectivity index (χ4v) is 5.05. The van der Waals surface area contributed by atoms with Crippen LogP contribution in [0.2, 0.25) is 0 Å². The van der Waals surface area contributed by atoms with Crippen LogP contribution in [-0.4, -0.2) is 42.0 Å². The lowest BCUT2D eigenvalue weighted by atomic mass is 9.88. The topological polar surface area (TPSA) is 57.4 Å². The van der Waals surface area contributed by atoms with Crippen LogP contribution >= 0.6 is 0 Å². The predicted molar refractivity (Wildman–Crippen MR) is 138 cm³/mol. The molecule has 1 amide bonds. The van der Waals surface area contributed by atoms with E-state index in [1.165, 1.54) is 10.9 Å². The Bertz CT molecular complexity index is 1270. The molecule has 5 nitrogen and oxygen atoms in total. The van der Waals surface area contributed by atoms with Gasteiger partial charge in [-0.2, -0.15) is 0 Å². The lowest BCUT2D eigenvalue weighted by Crippen LogP contribution is -2.45. The van der Waals surface area contributed by atoms with Gasteiger partial charge in [0.05, 0.1) is 13.2 Å². The second-order valence-electron chi connectivity index (χ2n) is 9.04. The van der Waals surface area contributed by atoms with E-state index in [0.717, 1.165) is 54.0 Å². The quantitative estimate of drug-likeness (QED) is 0.374. The number of benzene rings is 3. The number of carbonyl (C=O) groups excluding carboxylic acids is 1. The minimum atomic E-state index is -0.187.